The molecule has 0 spiro atoms. The number of aromatic nitrogens is 1. The van der Waals surface area contributed by atoms with Crippen LogP contribution in [0.5, 0.6) is 0 Å². The molecule has 2 N–H and O–H groups in total. The Bertz CT molecular complexity index is 1310. The molecule has 1 aromatic heterocycles. The van der Waals surface area contributed by atoms with Crippen molar-refractivity contribution in [2.45, 2.75) is 13.3 Å². The van der Waals surface area contributed by atoms with Gasteiger partial charge in [-0.1, -0.05) is 25.1 Å². The number of rotatable bonds is 7. The van der Waals surface area contributed by atoms with Gasteiger partial charge in [0.05, 0.1) is 4.92 Å². The Morgan fingerprint density at radius 2 is 1.82 bits per heavy atom. The smallest absolute Gasteiger partial charge is 0.324 e. The molecule has 10 heteroatoms. The van der Waals surface area contributed by atoms with E-state index >= 15 is 0 Å². The van der Waals surface area contributed by atoms with Crippen LogP contribution in [0.1, 0.15) is 18.2 Å². The summed E-state index contributed by atoms with van der Waals surface area (Å²) in [6.45, 7) is 1.54. The standard InChI is InChI=1S/C24H21N5O5/c1-2-16-6-3-4-8-20(16)25-22(30)15-28-23(31)21(26-24(28)32)14-19-7-5-13-27(19)17-9-11-18(12-10-17)29(33)34/h3-14H,2,15H2,1H3,(H,25,30)(H,26,32)/b21-14+. The summed E-state index contributed by atoms with van der Waals surface area (Å²) in [5.41, 5.74) is 2.78. The van der Waals surface area contributed by atoms with Crippen LogP contribution in [0.15, 0.2) is 72.6 Å². The van der Waals surface area contributed by atoms with Gasteiger partial charge in [0.1, 0.15) is 12.2 Å². The lowest BCUT2D eigenvalue weighted by atomic mass is 10.1. The molecule has 10 nitrogen and oxygen atoms in total. The number of amides is 4. The second kappa shape index (κ2) is 9.41. The van der Waals surface area contributed by atoms with E-state index in [-0.39, 0.29) is 11.4 Å². The fraction of sp³-hybridized carbons (Fsp3) is 0.125. The van der Waals surface area contributed by atoms with E-state index in [0.717, 1.165) is 16.9 Å². The van der Waals surface area contributed by atoms with Crippen LogP contribution in [0, 0.1) is 10.1 Å². The van der Waals surface area contributed by atoms with Crippen molar-refractivity contribution in [3.05, 3.63) is 93.9 Å². The zero-order valence-corrected chi connectivity index (χ0v) is 18.2. The van der Waals surface area contributed by atoms with Gasteiger partial charge in [-0.25, -0.2) is 9.69 Å². The lowest BCUT2D eigenvalue weighted by Gasteiger charge is -2.13. The molecule has 0 bridgehead atoms. The second-order valence-electron chi connectivity index (χ2n) is 7.51. The Hall–Kier alpha value is -4.73. The minimum atomic E-state index is -0.691. The second-order valence-corrected chi connectivity index (χ2v) is 7.51. The number of benzene rings is 2. The molecule has 1 saturated heterocycles. The number of hydrogen-bond donors (Lipinski definition) is 2. The van der Waals surface area contributed by atoms with E-state index in [4.69, 9.17) is 0 Å². The number of para-hydroxylation sites is 1. The number of aryl methyl sites for hydroxylation is 1. The molecule has 2 heterocycles. The number of nitrogens with one attached hydrogen (secondary N) is 2. The number of anilines is 1. The van der Waals surface area contributed by atoms with Gasteiger partial charge in [0, 0.05) is 35.4 Å². The topological polar surface area (TPSA) is 127 Å². The summed E-state index contributed by atoms with van der Waals surface area (Å²) in [6, 6.07) is 16.0. The Morgan fingerprint density at radius 1 is 1.09 bits per heavy atom. The number of non-ortho nitro benzene ring substituents is 1. The predicted molar refractivity (Wildman–Crippen MR) is 125 cm³/mol. The molecular formula is C24H21N5O5. The van der Waals surface area contributed by atoms with Gasteiger partial charge >= 0.3 is 6.03 Å². The Morgan fingerprint density at radius 3 is 2.53 bits per heavy atom. The molecule has 1 aliphatic heterocycles. The molecule has 172 valence electrons. The van der Waals surface area contributed by atoms with Crippen LogP contribution < -0.4 is 10.6 Å². The first-order valence-corrected chi connectivity index (χ1v) is 10.5. The molecule has 0 unspecified atom stereocenters. The quantitative estimate of drug-likeness (QED) is 0.242. The lowest BCUT2D eigenvalue weighted by molar-refractivity contribution is -0.384. The third-order valence-corrected chi connectivity index (χ3v) is 5.35. The molecule has 2 aromatic carbocycles. The molecule has 1 fully saturated rings. The third kappa shape index (κ3) is 4.56. The third-order valence-electron chi connectivity index (χ3n) is 5.35. The molecule has 4 rings (SSSR count). The van der Waals surface area contributed by atoms with Crippen LogP contribution in [0.25, 0.3) is 11.8 Å². The zero-order chi connectivity index (χ0) is 24.2. The number of nitrogens with zero attached hydrogens (tertiary/aromatic N) is 3. The minimum Gasteiger partial charge on any atom is -0.324 e. The molecule has 1 aliphatic rings. The van der Waals surface area contributed by atoms with Crippen LogP contribution in [0.4, 0.5) is 16.2 Å². The van der Waals surface area contributed by atoms with Gasteiger partial charge in [0.2, 0.25) is 5.91 Å². The molecule has 0 atom stereocenters. The highest BCUT2D eigenvalue weighted by Crippen LogP contribution is 2.21. The van der Waals surface area contributed by atoms with Crippen LogP contribution in [-0.2, 0) is 16.0 Å². The first-order valence-electron chi connectivity index (χ1n) is 10.5. The van der Waals surface area contributed by atoms with Crippen molar-refractivity contribution in [1.82, 2.24) is 14.8 Å². The summed E-state index contributed by atoms with van der Waals surface area (Å²) < 4.78 is 1.72. The highest BCUT2D eigenvalue weighted by Gasteiger charge is 2.35. The van der Waals surface area contributed by atoms with Crippen LogP contribution in [-0.4, -0.2) is 38.8 Å². The monoisotopic (exact) mass is 459 g/mol. The average molecular weight is 459 g/mol. The van der Waals surface area contributed by atoms with Gasteiger partial charge in [0.25, 0.3) is 11.6 Å². The fourth-order valence-corrected chi connectivity index (χ4v) is 3.63. The van der Waals surface area contributed by atoms with Gasteiger partial charge in [0.15, 0.2) is 0 Å². The lowest BCUT2D eigenvalue weighted by Crippen LogP contribution is -2.38. The van der Waals surface area contributed by atoms with Crippen LogP contribution in [0.2, 0.25) is 0 Å². The first kappa shape index (κ1) is 22.5. The Kier molecular flexibility index (Phi) is 6.22. The minimum absolute atomic E-state index is 0.0219. The van der Waals surface area contributed by atoms with E-state index in [1.54, 1.807) is 47.2 Å². The van der Waals surface area contributed by atoms with Crippen molar-refractivity contribution in [2.75, 3.05) is 11.9 Å². The summed E-state index contributed by atoms with van der Waals surface area (Å²) in [5.74, 6) is -1.11. The summed E-state index contributed by atoms with van der Waals surface area (Å²) in [5, 5.41) is 16.1. The summed E-state index contributed by atoms with van der Waals surface area (Å²) in [7, 11) is 0. The number of nitro benzene ring substituents is 1. The number of imide groups is 1. The fourth-order valence-electron chi connectivity index (χ4n) is 3.63. The molecule has 3 aromatic rings. The summed E-state index contributed by atoms with van der Waals surface area (Å²) >= 11 is 0. The van der Waals surface area contributed by atoms with Crippen molar-refractivity contribution in [2.24, 2.45) is 0 Å². The molecule has 34 heavy (non-hydrogen) atoms. The van der Waals surface area contributed by atoms with Gasteiger partial charge in [-0.05, 0) is 48.4 Å². The highest BCUT2D eigenvalue weighted by molar-refractivity contribution is 6.15. The highest BCUT2D eigenvalue weighted by atomic mass is 16.6. The molecule has 0 aliphatic carbocycles. The largest absolute Gasteiger partial charge is 0.329 e. The molecule has 0 radical (unpaired) electrons. The maximum Gasteiger partial charge on any atom is 0.329 e. The van der Waals surface area contributed by atoms with E-state index in [9.17, 15) is 24.5 Å². The van der Waals surface area contributed by atoms with Crippen molar-refractivity contribution in [1.29, 1.82) is 0 Å². The van der Waals surface area contributed by atoms with Crippen molar-refractivity contribution >= 4 is 35.3 Å². The maximum atomic E-state index is 12.8. The predicted octanol–water partition coefficient (Wildman–Crippen LogP) is 3.48. The number of urea groups is 1. The van der Waals surface area contributed by atoms with Crippen LogP contribution >= 0.6 is 0 Å². The summed E-state index contributed by atoms with van der Waals surface area (Å²) in [4.78, 5) is 49.0. The molecule has 0 saturated carbocycles. The van der Waals surface area contributed by atoms with Crippen molar-refractivity contribution in [3.8, 4) is 5.69 Å². The van der Waals surface area contributed by atoms with Gasteiger partial charge < -0.3 is 15.2 Å². The molecular weight excluding hydrogens is 438 g/mol. The maximum absolute atomic E-state index is 12.8. The number of nitro groups is 1. The van der Waals surface area contributed by atoms with E-state index in [1.807, 2.05) is 19.1 Å². The summed E-state index contributed by atoms with van der Waals surface area (Å²) in [6.07, 6.45) is 3.94. The van der Waals surface area contributed by atoms with Crippen LogP contribution in [0.3, 0.4) is 0 Å². The van der Waals surface area contributed by atoms with E-state index < -0.39 is 29.3 Å². The Balaban J connectivity index is 1.50. The number of carbonyl (C=O) groups excluding carboxylic acids is 3. The van der Waals surface area contributed by atoms with E-state index in [1.165, 1.54) is 18.2 Å². The van der Waals surface area contributed by atoms with Crippen molar-refractivity contribution in [3.63, 3.8) is 0 Å². The van der Waals surface area contributed by atoms with Gasteiger partial charge in [-0.3, -0.25) is 19.7 Å². The average Bonchev–Trinajstić information content (AvgIpc) is 3.39. The first-order chi connectivity index (χ1) is 16.4. The van der Waals surface area contributed by atoms with Crippen molar-refractivity contribution < 1.29 is 19.3 Å². The normalized spacial score (nSPS) is 14.4. The number of hydrogen-bond acceptors (Lipinski definition) is 5. The SMILES string of the molecule is CCc1ccccc1NC(=O)CN1C(=O)N/C(=C/c2cccn2-c2ccc([N+](=O)[O-])cc2)C1=O. The Labute approximate surface area is 194 Å². The van der Waals surface area contributed by atoms with Gasteiger partial charge in [-0.15, -0.1) is 0 Å². The van der Waals surface area contributed by atoms with E-state index in [2.05, 4.69) is 10.6 Å². The zero-order valence-electron chi connectivity index (χ0n) is 18.2. The number of carbonyl (C=O) groups is 3. The van der Waals surface area contributed by atoms with Gasteiger partial charge in [-0.2, -0.15) is 0 Å². The molecule has 4 amide bonds. The van der Waals surface area contributed by atoms with E-state index in [0.29, 0.717) is 17.1 Å².